The van der Waals surface area contributed by atoms with Gasteiger partial charge in [-0.2, -0.15) is 5.10 Å². The monoisotopic (exact) mass is 499 g/mol. The van der Waals surface area contributed by atoms with Crippen LogP contribution in [0.15, 0.2) is 58.1 Å². The van der Waals surface area contributed by atoms with Crippen molar-refractivity contribution in [3.05, 3.63) is 74.8 Å². The summed E-state index contributed by atoms with van der Waals surface area (Å²) in [6, 6.07) is 15.0. The van der Waals surface area contributed by atoms with Crippen LogP contribution in [-0.2, 0) is 9.59 Å². The standard InChI is InChI=1S/C23H19BrClN3O3/c1-13-3-2-4-15-11-17(23(25)26-22(13)15)19-12-18(14-5-7-16(24)8-6-14)27-28(19)20(29)9-10-21(30)31/h2-8,11,19H,9-10,12H2,1H3,(H,30,31)/t19-/m1/s1. The summed E-state index contributed by atoms with van der Waals surface area (Å²) in [7, 11) is 0. The lowest BCUT2D eigenvalue weighted by Gasteiger charge is -2.23. The molecule has 1 N–H and O–H groups in total. The Bertz CT molecular complexity index is 1210. The van der Waals surface area contributed by atoms with Crippen LogP contribution in [-0.4, -0.2) is 32.7 Å². The van der Waals surface area contributed by atoms with Crippen LogP contribution >= 0.6 is 27.5 Å². The van der Waals surface area contributed by atoms with E-state index in [0.29, 0.717) is 17.1 Å². The van der Waals surface area contributed by atoms with Gasteiger partial charge < -0.3 is 5.11 Å². The van der Waals surface area contributed by atoms with E-state index in [9.17, 15) is 9.59 Å². The van der Waals surface area contributed by atoms with E-state index in [1.54, 1.807) is 0 Å². The molecule has 2 aromatic carbocycles. The summed E-state index contributed by atoms with van der Waals surface area (Å²) in [4.78, 5) is 28.4. The molecule has 0 saturated heterocycles. The Kier molecular flexibility index (Phi) is 6.07. The molecule has 1 aliphatic heterocycles. The Hall–Kier alpha value is -2.77. The van der Waals surface area contributed by atoms with Crippen molar-refractivity contribution in [3.8, 4) is 0 Å². The zero-order chi connectivity index (χ0) is 22.1. The fourth-order valence-corrected chi connectivity index (χ4v) is 4.23. The molecule has 0 aliphatic carbocycles. The summed E-state index contributed by atoms with van der Waals surface area (Å²) in [6.45, 7) is 1.97. The number of carbonyl (C=O) groups is 2. The molecule has 0 spiro atoms. The van der Waals surface area contributed by atoms with Gasteiger partial charge in [-0.1, -0.05) is 57.9 Å². The molecule has 8 heteroatoms. The van der Waals surface area contributed by atoms with Crippen LogP contribution in [0.5, 0.6) is 0 Å². The molecule has 1 atom stereocenters. The second-order valence-electron chi connectivity index (χ2n) is 7.42. The van der Waals surface area contributed by atoms with Crippen molar-refractivity contribution in [2.75, 3.05) is 0 Å². The maximum Gasteiger partial charge on any atom is 0.303 e. The molecular formula is C23H19BrClN3O3. The zero-order valence-electron chi connectivity index (χ0n) is 16.7. The number of hydrogen-bond acceptors (Lipinski definition) is 4. The Labute approximate surface area is 192 Å². The van der Waals surface area contributed by atoms with E-state index in [1.807, 2.05) is 55.5 Å². The number of benzene rings is 2. The van der Waals surface area contributed by atoms with E-state index in [2.05, 4.69) is 26.0 Å². The van der Waals surface area contributed by atoms with Crippen LogP contribution in [0.2, 0.25) is 5.15 Å². The Morgan fingerprint density at radius 3 is 2.65 bits per heavy atom. The number of nitrogens with zero attached hydrogens (tertiary/aromatic N) is 3. The minimum atomic E-state index is -1.03. The van der Waals surface area contributed by atoms with Crippen molar-refractivity contribution in [1.29, 1.82) is 0 Å². The molecule has 0 saturated carbocycles. The number of aliphatic carboxylic acids is 1. The number of aryl methyl sites for hydroxylation is 1. The molecule has 6 nitrogen and oxygen atoms in total. The van der Waals surface area contributed by atoms with Crippen molar-refractivity contribution in [3.63, 3.8) is 0 Å². The highest BCUT2D eigenvalue weighted by atomic mass is 79.9. The van der Waals surface area contributed by atoms with Crippen molar-refractivity contribution >= 4 is 56.0 Å². The van der Waals surface area contributed by atoms with E-state index in [0.717, 1.165) is 32.2 Å². The van der Waals surface area contributed by atoms with Gasteiger partial charge in [-0.05, 0) is 36.2 Å². The van der Waals surface area contributed by atoms with E-state index in [1.165, 1.54) is 5.01 Å². The third kappa shape index (κ3) is 4.48. The van der Waals surface area contributed by atoms with Crippen LogP contribution < -0.4 is 0 Å². The van der Waals surface area contributed by atoms with Crippen LogP contribution in [0.4, 0.5) is 0 Å². The Morgan fingerprint density at radius 1 is 1.19 bits per heavy atom. The number of hydrazone groups is 1. The highest BCUT2D eigenvalue weighted by molar-refractivity contribution is 9.10. The summed E-state index contributed by atoms with van der Waals surface area (Å²) in [5.74, 6) is -1.39. The zero-order valence-corrected chi connectivity index (χ0v) is 19.0. The van der Waals surface area contributed by atoms with E-state index >= 15 is 0 Å². The first-order valence-corrected chi connectivity index (χ1v) is 10.9. The number of aromatic nitrogens is 1. The molecule has 0 unspecified atom stereocenters. The number of halogens is 2. The summed E-state index contributed by atoms with van der Waals surface area (Å²) in [5.41, 5.74) is 4.15. The number of carbonyl (C=O) groups excluding carboxylic acids is 1. The van der Waals surface area contributed by atoms with Gasteiger partial charge in [-0.3, -0.25) is 9.59 Å². The van der Waals surface area contributed by atoms with Gasteiger partial charge in [0.2, 0.25) is 5.91 Å². The number of carboxylic acid groups (broad SMARTS) is 1. The number of para-hydroxylation sites is 1. The first kappa shape index (κ1) is 21.5. The molecule has 2 heterocycles. The fourth-order valence-electron chi connectivity index (χ4n) is 3.70. The quantitative estimate of drug-likeness (QED) is 0.469. The van der Waals surface area contributed by atoms with Gasteiger partial charge >= 0.3 is 5.97 Å². The maximum atomic E-state index is 12.9. The van der Waals surface area contributed by atoms with Crippen molar-refractivity contribution in [2.45, 2.75) is 32.2 Å². The second-order valence-corrected chi connectivity index (χ2v) is 8.69. The van der Waals surface area contributed by atoms with E-state index in [4.69, 9.17) is 16.7 Å². The van der Waals surface area contributed by atoms with E-state index in [-0.39, 0.29) is 18.7 Å². The molecule has 158 valence electrons. The Balaban J connectivity index is 1.75. The number of carboxylic acids is 1. The minimum absolute atomic E-state index is 0.138. The summed E-state index contributed by atoms with van der Waals surface area (Å²) < 4.78 is 0.943. The molecule has 4 rings (SSSR count). The molecule has 0 fully saturated rings. The number of hydrogen-bond donors (Lipinski definition) is 1. The highest BCUT2D eigenvalue weighted by Crippen LogP contribution is 2.38. The largest absolute Gasteiger partial charge is 0.481 e. The molecule has 1 aromatic heterocycles. The van der Waals surface area contributed by atoms with Gasteiger partial charge in [0.1, 0.15) is 5.15 Å². The lowest BCUT2D eigenvalue weighted by Crippen LogP contribution is -2.27. The first-order valence-electron chi connectivity index (χ1n) is 9.76. The number of rotatable bonds is 5. The molecule has 0 radical (unpaired) electrons. The maximum absolute atomic E-state index is 12.9. The Morgan fingerprint density at radius 2 is 1.94 bits per heavy atom. The van der Waals surface area contributed by atoms with Crippen molar-refractivity contribution in [2.24, 2.45) is 5.10 Å². The highest BCUT2D eigenvalue weighted by Gasteiger charge is 2.35. The van der Waals surface area contributed by atoms with E-state index < -0.39 is 12.0 Å². The minimum Gasteiger partial charge on any atom is -0.481 e. The van der Waals surface area contributed by atoms with Gasteiger partial charge in [0.15, 0.2) is 0 Å². The van der Waals surface area contributed by atoms with Crippen LogP contribution in [0.3, 0.4) is 0 Å². The molecule has 31 heavy (non-hydrogen) atoms. The summed E-state index contributed by atoms with van der Waals surface area (Å²) in [5, 5.41) is 16.2. The molecule has 1 amide bonds. The van der Waals surface area contributed by atoms with Gasteiger partial charge in [0.25, 0.3) is 0 Å². The summed E-state index contributed by atoms with van der Waals surface area (Å²) in [6.07, 6.45) is 0.0634. The topological polar surface area (TPSA) is 82.9 Å². The average Bonchev–Trinajstić information content (AvgIpc) is 3.18. The number of pyridine rings is 1. The molecule has 0 bridgehead atoms. The SMILES string of the molecule is Cc1cccc2cc([C@H]3CC(c4ccc(Br)cc4)=NN3C(=O)CCC(=O)O)c(Cl)nc12. The van der Waals surface area contributed by atoms with Crippen LogP contribution in [0.25, 0.3) is 10.9 Å². The normalized spacial score (nSPS) is 15.9. The van der Waals surface area contributed by atoms with Crippen molar-refractivity contribution < 1.29 is 14.7 Å². The van der Waals surface area contributed by atoms with Gasteiger partial charge in [0.05, 0.1) is 23.7 Å². The third-order valence-corrected chi connectivity index (χ3v) is 6.11. The number of fused-ring (bicyclic) bond motifs is 1. The van der Waals surface area contributed by atoms with Gasteiger partial charge in [-0.25, -0.2) is 9.99 Å². The number of amides is 1. The summed E-state index contributed by atoms with van der Waals surface area (Å²) >= 11 is 9.99. The lowest BCUT2D eigenvalue weighted by molar-refractivity contribution is -0.141. The van der Waals surface area contributed by atoms with Crippen LogP contribution in [0, 0.1) is 6.92 Å². The van der Waals surface area contributed by atoms with Crippen LogP contribution in [0.1, 0.15) is 42.0 Å². The second kappa shape index (κ2) is 8.77. The third-order valence-electron chi connectivity index (χ3n) is 5.28. The van der Waals surface area contributed by atoms with Gasteiger partial charge in [-0.15, -0.1) is 0 Å². The predicted octanol–water partition coefficient (Wildman–Crippen LogP) is 5.50. The fraction of sp³-hybridized carbons (Fsp3) is 0.217. The average molecular weight is 501 g/mol. The molecule has 1 aliphatic rings. The smallest absolute Gasteiger partial charge is 0.303 e. The molecule has 3 aromatic rings. The predicted molar refractivity (Wildman–Crippen MR) is 123 cm³/mol. The molecular weight excluding hydrogens is 482 g/mol. The van der Waals surface area contributed by atoms with Gasteiger partial charge in [0, 0.05) is 28.3 Å². The lowest BCUT2D eigenvalue weighted by atomic mass is 9.98. The first-order chi connectivity index (χ1) is 14.8. The van der Waals surface area contributed by atoms with Crippen molar-refractivity contribution in [1.82, 2.24) is 9.99 Å².